The minimum absolute atomic E-state index is 0.213. The third kappa shape index (κ3) is 4.07. The lowest BCUT2D eigenvalue weighted by molar-refractivity contribution is 0.101. The molecular formula is C22H19ClN4O2. The lowest BCUT2D eigenvalue weighted by Crippen LogP contribution is -2.13. The quantitative estimate of drug-likeness (QED) is 0.500. The maximum absolute atomic E-state index is 12.7. The summed E-state index contributed by atoms with van der Waals surface area (Å²) in [6.07, 6.45) is 0. The molecule has 29 heavy (non-hydrogen) atoms. The molecule has 0 spiro atoms. The van der Waals surface area contributed by atoms with Gasteiger partial charge >= 0.3 is 0 Å². The van der Waals surface area contributed by atoms with Gasteiger partial charge in [-0.15, -0.1) is 0 Å². The number of benzene rings is 2. The zero-order valence-electron chi connectivity index (χ0n) is 16.0. The smallest absolute Gasteiger partial charge is 0.277 e. The van der Waals surface area contributed by atoms with E-state index in [-0.39, 0.29) is 11.6 Å². The molecule has 2 aromatic carbocycles. The van der Waals surface area contributed by atoms with Crippen molar-refractivity contribution in [2.75, 3.05) is 5.32 Å². The van der Waals surface area contributed by atoms with Crippen LogP contribution in [0, 0.1) is 13.8 Å². The van der Waals surface area contributed by atoms with Crippen molar-refractivity contribution in [1.82, 2.24) is 14.9 Å². The molecule has 0 radical (unpaired) electrons. The molecule has 146 valence electrons. The van der Waals surface area contributed by atoms with E-state index in [9.17, 15) is 4.79 Å². The highest BCUT2D eigenvalue weighted by Gasteiger charge is 2.18. The van der Waals surface area contributed by atoms with Crippen LogP contribution in [0.1, 0.15) is 27.4 Å². The maximum atomic E-state index is 12.7. The number of hydrogen-bond donors (Lipinski definition) is 1. The van der Waals surface area contributed by atoms with Gasteiger partial charge in [0.2, 0.25) is 0 Å². The number of rotatable bonds is 5. The summed E-state index contributed by atoms with van der Waals surface area (Å²) in [5.74, 6) is 0.199. The summed E-state index contributed by atoms with van der Waals surface area (Å²) in [5, 5.41) is 12.0. The van der Waals surface area contributed by atoms with Gasteiger partial charge in [-0.25, -0.2) is 0 Å². The van der Waals surface area contributed by atoms with E-state index in [1.165, 1.54) is 0 Å². The van der Waals surface area contributed by atoms with E-state index in [4.69, 9.17) is 16.1 Å². The van der Waals surface area contributed by atoms with Crippen molar-refractivity contribution in [2.45, 2.75) is 20.4 Å². The largest absolute Gasteiger partial charge is 0.355 e. The van der Waals surface area contributed by atoms with Gasteiger partial charge in [0.15, 0.2) is 11.5 Å². The molecule has 2 aromatic heterocycles. The Morgan fingerprint density at radius 3 is 2.66 bits per heavy atom. The highest BCUT2D eigenvalue weighted by molar-refractivity contribution is 6.30. The van der Waals surface area contributed by atoms with E-state index < -0.39 is 0 Å². The predicted octanol–water partition coefficient (Wildman–Crippen LogP) is 5.11. The molecule has 0 aliphatic carbocycles. The first kappa shape index (κ1) is 19.0. The van der Waals surface area contributed by atoms with E-state index in [0.29, 0.717) is 23.0 Å². The monoisotopic (exact) mass is 406 g/mol. The van der Waals surface area contributed by atoms with Crippen molar-refractivity contribution in [3.05, 3.63) is 88.3 Å². The van der Waals surface area contributed by atoms with Crippen molar-refractivity contribution in [2.24, 2.45) is 0 Å². The fraction of sp³-hybridized carbons (Fsp3) is 0.136. The standard InChI is InChI=1S/C22H19ClN4O2/c1-14-21(15(2)27(25-14)13-16-7-6-10-18(23)11-16)24-22(28)19-12-20(29-26-19)17-8-4-3-5-9-17/h3-12H,13H2,1-2H3,(H,24,28). The number of aromatic nitrogens is 3. The van der Waals surface area contributed by atoms with Crippen LogP contribution in [0.4, 0.5) is 5.69 Å². The Morgan fingerprint density at radius 1 is 1.10 bits per heavy atom. The molecule has 1 amide bonds. The second kappa shape index (κ2) is 7.93. The molecule has 7 heteroatoms. The highest BCUT2D eigenvalue weighted by Crippen LogP contribution is 2.24. The molecule has 4 aromatic rings. The van der Waals surface area contributed by atoms with Gasteiger partial charge < -0.3 is 9.84 Å². The Balaban J connectivity index is 1.53. The van der Waals surface area contributed by atoms with Crippen LogP contribution in [0.3, 0.4) is 0 Å². The van der Waals surface area contributed by atoms with Crippen molar-refractivity contribution in [3.63, 3.8) is 0 Å². The van der Waals surface area contributed by atoms with Crippen LogP contribution in [-0.2, 0) is 6.54 Å². The Hall–Kier alpha value is -3.38. The lowest BCUT2D eigenvalue weighted by atomic mass is 10.1. The van der Waals surface area contributed by atoms with Gasteiger partial charge in [0, 0.05) is 16.7 Å². The number of carbonyl (C=O) groups excluding carboxylic acids is 1. The summed E-state index contributed by atoms with van der Waals surface area (Å²) < 4.78 is 7.16. The normalized spacial score (nSPS) is 10.9. The fourth-order valence-electron chi connectivity index (χ4n) is 3.14. The number of anilines is 1. The van der Waals surface area contributed by atoms with Gasteiger partial charge in [-0.05, 0) is 31.5 Å². The second-order valence-electron chi connectivity index (χ2n) is 6.73. The van der Waals surface area contributed by atoms with Crippen molar-refractivity contribution in [1.29, 1.82) is 0 Å². The molecule has 0 saturated carbocycles. The van der Waals surface area contributed by atoms with Crippen LogP contribution in [0.25, 0.3) is 11.3 Å². The van der Waals surface area contributed by atoms with Crippen molar-refractivity contribution >= 4 is 23.2 Å². The van der Waals surface area contributed by atoms with Gasteiger partial charge in [0.25, 0.3) is 5.91 Å². The number of aryl methyl sites for hydroxylation is 1. The number of hydrogen-bond acceptors (Lipinski definition) is 4. The summed E-state index contributed by atoms with van der Waals surface area (Å²) in [6, 6.07) is 18.8. The maximum Gasteiger partial charge on any atom is 0.277 e. The average Bonchev–Trinajstić information content (AvgIpc) is 3.30. The second-order valence-corrected chi connectivity index (χ2v) is 7.17. The molecule has 0 unspecified atom stereocenters. The van der Waals surface area contributed by atoms with Crippen LogP contribution in [0.15, 0.2) is 65.2 Å². The molecule has 0 aliphatic heterocycles. The van der Waals surface area contributed by atoms with Gasteiger partial charge in [-0.2, -0.15) is 5.10 Å². The Bertz CT molecular complexity index is 1160. The first-order valence-electron chi connectivity index (χ1n) is 9.13. The third-order valence-electron chi connectivity index (χ3n) is 4.64. The molecule has 0 fully saturated rings. The number of halogens is 1. The number of carbonyl (C=O) groups is 1. The van der Waals surface area contributed by atoms with E-state index >= 15 is 0 Å². The molecule has 6 nitrogen and oxygen atoms in total. The molecular weight excluding hydrogens is 388 g/mol. The first-order chi connectivity index (χ1) is 14.0. The molecule has 2 heterocycles. The van der Waals surface area contributed by atoms with Crippen LogP contribution in [0.5, 0.6) is 0 Å². The van der Waals surface area contributed by atoms with Crippen molar-refractivity contribution in [3.8, 4) is 11.3 Å². The molecule has 0 aliphatic rings. The fourth-order valence-corrected chi connectivity index (χ4v) is 3.35. The zero-order chi connectivity index (χ0) is 20.4. The SMILES string of the molecule is Cc1nn(Cc2cccc(Cl)c2)c(C)c1NC(=O)c1cc(-c2ccccc2)on1. The van der Waals surface area contributed by atoms with Crippen LogP contribution in [0.2, 0.25) is 5.02 Å². The summed E-state index contributed by atoms with van der Waals surface area (Å²) in [7, 11) is 0. The average molecular weight is 407 g/mol. The van der Waals surface area contributed by atoms with E-state index in [1.807, 2.05) is 73.1 Å². The Morgan fingerprint density at radius 2 is 1.90 bits per heavy atom. The Labute approximate surface area is 173 Å². The van der Waals surface area contributed by atoms with E-state index in [1.54, 1.807) is 6.07 Å². The van der Waals surface area contributed by atoms with Gasteiger partial charge in [-0.3, -0.25) is 9.48 Å². The molecule has 0 atom stereocenters. The van der Waals surface area contributed by atoms with Gasteiger partial charge in [0.1, 0.15) is 0 Å². The van der Waals surface area contributed by atoms with E-state index in [0.717, 1.165) is 22.5 Å². The zero-order valence-corrected chi connectivity index (χ0v) is 16.8. The summed E-state index contributed by atoms with van der Waals surface area (Å²) in [4.78, 5) is 12.7. The summed E-state index contributed by atoms with van der Waals surface area (Å²) >= 11 is 6.07. The molecule has 1 N–H and O–H groups in total. The van der Waals surface area contributed by atoms with E-state index in [2.05, 4.69) is 15.6 Å². The lowest BCUT2D eigenvalue weighted by Gasteiger charge is -2.06. The summed E-state index contributed by atoms with van der Waals surface area (Å²) in [5.41, 5.74) is 4.35. The third-order valence-corrected chi connectivity index (χ3v) is 4.88. The van der Waals surface area contributed by atoms with Crippen LogP contribution < -0.4 is 5.32 Å². The summed E-state index contributed by atoms with van der Waals surface area (Å²) in [6.45, 7) is 4.33. The highest BCUT2D eigenvalue weighted by atomic mass is 35.5. The minimum atomic E-state index is -0.343. The molecule has 0 saturated heterocycles. The minimum Gasteiger partial charge on any atom is -0.355 e. The van der Waals surface area contributed by atoms with Crippen LogP contribution >= 0.6 is 11.6 Å². The molecule has 0 bridgehead atoms. The number of nitrogens with zero attached hydrogens (tertiary/aromatic N) is 3. The van der Waals surface area contributed by atoms with Crippen molar-refractivity contribution < 1.29 is 9.32 Å². The number of nitrogens with one attached hydrogen (secondary N) is 1. The number of amides is 1. The predicted molar refractivity (Wildman–Crippen MR) is 112 cm³/mol. The van der Waals surface area contributed by atoms with Gasteiger partial charge in [0.05, 0.1) is 23.6 Å². The van der Waals surface area contributed by atoms with Crippen LogP contribution in [-0.4, -0.2) is 20.8 Å². The Kier molecular flexibility index (Phi) is 5.18. The van der Waals surface area contributed by atoms with Gasteiger partial charge in [-0.1, -0.05) is 59.2 Å². The topological polar surface area (TPSA) is 73.0 Å². The first-order valence-corrected chi connectivity index (χ1v) is 9.51. The molecule has 4 rings (SSSR count).